The van der Waals surface area contributed by atoms with Gasteiger partial charge in [-0.3, -0.25) is 4.79 Å². The molecule has 0 spiro atoms. The Morgan fingerprint density at radius 2 is 2.35 bits per heavy atom. The van der Waals surface area contributed by atoms with Crippen molar-refractivity contribution in [1.82, 2.24) is 5.32 Å². The molecule has 17 heavy (non-hydrogen) atoms. The first kappa shape index (κ1) is 13.8. The number of rotatable bonds is 7. The van der Waals surface area contributed by atoms with Gasteiger partial charge in [0.05, 0.1) is 13.4 Å². The lowest BCUT2D eigenvalue weighted by Crippen LogP contribution is -2.42. The molecule has 1 N–H and O–H groups in total. The maximum absolute atomic E-state index is 11.4. The third kappa shape index (κ3) is 4.61. The summed E-state index contributed by atoms with van der Waals surface area (Å²) in [6, 6.07) is 3.89. The van der Waals surface area contributed by atoms with Crippen LogP contribution in [0.2, 0.25) is 0 Å². The van der Waals surface area contributed by atoms with Crippen LogP contribution < -0.4 is 5.32 Å². The molecule has 4 nitrogen and oxygen atoms in total. The summed E-state index contributed by atoms with van der Waals surface area (Å²) in [4.78, 5) is 11.4. The van der Waals surface area contributed by atoms with Crippen LogP contribution in [0.4, 0.5) is 0 Å². The summed E-state index contributed by atoms with van der Waals surface area (Å²) in [6.07, 6.45) is 4.22. The molecule has 0 aromatic carbocycles. The molecule has 1 aromatic rings. The lowest BCUT2D eigenvalue weighted by atomic mass is 10.1. The van der Waals surface area contributed by atoms with Gasteiger partial charge in [-0.05, 0) is 31.9 Å². The zero-order chi connectivity index (χ0) is 12.7. The van der Waals surface area contributed by atoms with Crippen LogP contribution in [-0.2, 0) is 16.0 Å². The molecule has 0 aliphatic heterocycles. The normalized spacial score (nSPS) is 14.3. The van der Waals surface area contributed by atoms with Crippen LogP contribution in [0.25, 0.3) is 0 Å². The van der Waals surface area contributed by atoms with E-state index in [-0.39, 0.29) is 18.1 Å². The number of aryl methyl sites for hydroxylation is 1. The molecule has 0 bridgehead atoms. The first-order chi connectivity index (χ1) is 8.17. The number of hydrogen-bond acceptors (Lipinski definition) is 4. The van der Waals surface area contributed by atoms with Gasteiger partial charge in [-0.25, -0.2) is 0 Å². The highest BCUT2D eigenvalue weighted by atomic mass is 16.5. The lowest BCUT2D eigenvalue weighted by Gasteiger charge is -2.19. The minimum absolute atomic E-state index is 0.197. The summed E-state index contributed by atoms with van der Waals surface area (Å²) in [5.41, 5.74) is 0. The Morgan fingerprint density at radius 1 is 1.59 bits per heavy atom. The third-order valence-corrected chi connectivity index (χ3v) is 2.78. The van der Waals surface area contributed by atoms with Gasteiger partial charge in [0.1, 0.15) is 11.8 Å². The Hall–Kier alpha value is -1.29. The van der Waals surface area contributed by atoms with Crippen LogP contribution in [0.5, 0.6) is 0 Å². The molecule has 0 fully saturated rings. The minimum atomic E-state index is -0.216. The number of hydrogen-bond donors (Lipinski definition) is 1. The Labute approximate surface area is 102 Å². The largest absolute Gasteiger partial charge is 0.469 e. The number of furan rings is 1. The van der Waals surface area contributed by atoms with E-state index in [1.807, 2.05) is 19.1 Å². The summed E-state index contributed by atoms with van der Waals surface area (Å²) in [5.74, 6) is 0.780. The van der Waals surface area contributed by atoms with E-state index in [1.54, 1.807) is 6.26 Å². The van der Waals surface area contributed by atoms with Gasteiger partial charge in [-0.2, -0.15) is 0 Å². The second-order valence-electron chi connectivity index (χ2n) is 4.17. The first-order valence-electron chi connectivity index (χ1n) is 6.03. The monoisotopic (exact) mass is 239 g/mol. The van der Waals surface area contributed by atoms with Crippen LogP contribution in [0.3, 0.4) is 0 Å². The highest BCUT2D eigenvalue weighted by Gasteiger charge is 2.18. The van der Waals surface area contributed by atoms with Crippen molar-refractivity contribution >= 4 is 5.97 Å². The highest BCUT2D eigenvalue weighted by Crippen LogP contribution is 2.07. The third-order valence-electron chi connectivity index (χ3n) is 2.78. The SMILES string of the molecule is CCC(NC(C)CCc1ccco1)C(=O)OC. The van der Waals surface area contributed by atoms with Gasteiger partial charge in [-0.15, -0.1) is 0 Å². The molecule has 2 unspecified atom stereocenters. The Kier molecular flexibility index (Phi) is 5.77. The Morgan fingerprint density at radius 3 is 2.88 bits per heavy atom. The van der Waals surface area contributed by atoms with E-state index < -0.39 is 0 Å². The van der Waals surface area contributed by atoms with Gasteiger partial charge in [0.15, 0.2) is 0 Å². The van der Waals surface area contributed by atoms with Crippen LogP contribution in [-0.4, -0.2) is 25.2 Å². The Bertz CT molecular complexity index is 321. The fourth-order valence-corrected chi connectivity index (χ4v) is 1.74. The van der Waals surface area contributed by atoms with Gasteiger partial charge in [-0.1, -0.05) is 6.92 Å². The van der Waals surface area contributed by atoms with Crippen molar-refractivity contribution in [3.8, 4) is 0 Å². The fourth-order valence-electron chi connectivity index (χ4n) is 1.74. The number of methoxy groups -OCH3 is 1. The van der Waals surface area contributed by atoms with Crippen molar-refractivity contribution < 1.29 is 13.9 Å². The maximum atomic E-state index is 11.4. The van der Waals surface area contributed by atoms with Gasteiger partial charge in [0, 0.05) is 12.5 Å². The maximum Gasteiger partial charge on any atom is 0.322 e. The molecule has 96 valence electrons. The summed E-state index contributed by atoms with van der Waals surface area (Å²) in [5, 5.41) is 3.26. The number of ether oxygens (including phenoxy) is 1. The second kappa shape index (κ2) is 7.12. The molecule has 0 amide bonds. The molecular formula is C13H21NO3. The van der Waals surface area contributed by atoms with E-state index in [4.69, 9.17) is 9.15 Å². The number of carbonyl (C=O) groups is 1. The first-order valence-corrected chi connectivity index (χ1v) is 6.03. The van der Waals surface area contributed by atoms with Crippen LogP contribution in [0.15, 0.2) is 22.8 Å². The average Bonchev–Trinajstić information content (AvgIpc) is 2.85. The lowest BCUT2D eigenvalue weighted by molar-refractivity contribution is -0.143. The molecule has 1 aromatic heterocycles. The molecular weight excluding hydrogens is 218 g/mol. The molecule has 1 heterocycles. The predicted octanol–water partition coefficient (Wildman–Crippen LogP) is 2.14. The summed E-state index contributed by atoms with van der Waals surface area (Å²) >= 11 is 0. The summed E-state index contributed by atoms with van der Waals surface area (Å²) < 4.78 is 10.00. The van der Waals surface area contributed by atoms with E-state index in [0.717, 1.165) is 25.0 Å². The van der Waals surface area contributed by atoms with E-state index in [1.165, 1.54) is 7.11 Å². The molecule has 0 aliphatic carbocycles. The molecule has 0 saturated heterocycles. The topological polar surface area (TPSA) is 51.5 Å². The molecule has 0 saturated carbocycles. The number of esters is 1. The molecule has 1 rings (SSSR count). The zero-order valence-corrected chi connectivity index (χ0v) is 10.7. The van der Waals surface area contributed by atoms with E-state index in [0.29, 0.717) is 0 Å². The van der Waals surface area contributed by atoms with Crippen LogP contribution in [0, 0.1) is 0 Å². The zero-order valence-electron chi connectivity index (χ0n) is 10.7. The second-order valence-corrected chi connectivity index (χ2v) is 4.17. The van der Waals surface area contributed by atoms with E-state index in [9.17, 15) is 4.79 Å². The van der Waals surface area contributed by atoms with Crippen molar-refractivity contribution in [2.75, 3.05) is 7.11 Å². The fraction of sp³-hybridized carbons (Fsp3) is 0.615. The van der Waals surface area contributed by atoms with Crippen molar-refractivity contribution in [2.45, 2.75) is 45.2 Å². The van der Waals surface area contributed by atoms with E-state index in [2.05, 4.69) is 12.2 Å². The molecule has 0 aliphatic rings. The van der Waals surface area contributed by atoms with Crippen molar-refractivity contribution in [2.24, 2.45) is 0 Å². The minimum Gasteiger partial charge on any atom is -0.469 e. The van der Waals surface area contributed by atoms with Gasteiger partial charge >= 0.3 is 5.97 Å². The number of carbonyl (C=O) groups excluding carboxylic acids is 1. The number of nitrogens with one attached hydrogen (secondary N) is 1. The molecule has 2 atom stereocenters. The van der Waals surface area contributed by atoms with Gasteiger partial charge in [0.25, 0.3) is 0 Å². The molecule has 4 heteroatoms. The standard InChI is InChI=1S/C13H21NO3/c1-4-12(13(15)16-3)14-10(2)7-8-11-6-5-9-17-11/h5-6,9-10,12,14H,4,7-8H2,1-3H3. The van der Waals surface area contributed by atoms with Crippen molar-refractivity contribution in [1.29, 1.82) is 0 Å². The van der Waals surface area contributed by atoms with Gasteiger partial charge < -0.3 is 14.5 Å². The van der Waals surface area contributed by atoms with Crippen molar-refractivity contribution in [3.05, 3.63) is 24.2 Å². The average molecular weight is 239 g/mol. The van der Waals surface area contributed by atoms with Gasteiger partial charge in [0.2, 0.25) is 0 Å². The van der Waals surface area contributed by atoms with Crippen LogP contribution >= 0.6 is 0 Å². The smallest absolute Gasteiger partial charge is 0.322 e. The Balaban J connectivity index is 2.32. The summed E-state index contributed by atoms with van der Waals surface area (Å²) in [6.45, 7) is 4.03. The molecule has 0 radical (unpaired) electrons. The van der Waals surface area contributed by atoms with Crippen LogP contribution in [0.1, 0.15) is 32.4 Å². The summed E-state index contributed by atoms with van der Waals surface area (Å²) in [7, 11) is 1.42. The highest BCUT2D eigenvalue weighted by molar-refractivity contribution is 5.75. The predicted molar refractivity (Wildman–Crippen MR) is 65.7 cm³/mol. The quantitative estimate of drug-likeness (QED) is 0.741. The van der Waals surface area contributed by atoms with Crippen molar-refractivity contribution in [3.63, 3.8) is 0 Å². The van der Waals surface area contributed by atoms with E-state index >= 15 is 0 Å².